The summed E-state index contributed by atoms with van der Waals surface area (Å²) in [7, 11) is 1.67. The number of methoxy groups -OCH3 is 1. The van der Waals surface area contributed by atoms with Gasteiger partial charge in [0.1, 0.15) is 6.10 Å². The van der Waals surface area contributed by atoms with Crippen molar-refractivity contribution >= 4 is 0 Å². The summed E-state index contributed by atoms with van der Waals surface area (Å²) in [6.07, 6.45) is 3.31. The van der Waals surface area contributed by atoms with Gasteiger partial charge >= 0.3 is 0 Å². The normalized spacial score (nSPS) is 21.2. The van der Waals surface area contributed by atoms with Gasteiger partial charge in [-0.05, 0) is 37.0 Å². The summed E-state index contributed by atoms with van der Waals surface area (Å²) in [5.74, 6) is 1.57. The molecule has 1 aliphatic carbocycles. The van der Waals surface area contributed by atoms with Gasteiger partial charge in [-0.15, -0.1) is 0 Å². The van der Waals surface area contributed by atoms with Crippen molar-refractivity contribution in [3.63, 3.8) is 0 Å². The molecule has 3 rings (SSSR count). The maximum Gasteiger partial charge on any atom is 0.161 e. The van der Waals surface area contributed by atoms with E-state index >= 15 is 0 Å². The van der Waals surface area contributed by atoms with E-state index in [0.717, 1.165) is 30.8 Å². The molecule has 1 aliphatic heterocycles. The van der Waals surface area contributed by atoms with Crippen molar-refractivity contribution in [2.24, 2.45) is 5.73 Å². The van der Waals surface area contributed by atoms with Gasteiger partial charge in [-0.1, -0.05) is 6.07 Å². The molecule has 0 atom stereocenters. The lowest BCUT2D eigenvalue weighted by molar-refractivity contribution is -0.0803. The van der Waals surface area contributed by atoms with Gasteiger partial charge in [0.2, 0.25) is 0 Å². The van der Waals surface area contributed by atoms with Crippen LogP contribution >= 0.6 is 0 Å². The fourth-order valence-electron chi connectivity index (χ4n) is 2.12. The van der Waals surface area contributed by atoms with E-state index in [1.807, 2.05) is 12.1 Å². The number of rotatable bonds is 5. The Morgan fingerprint density at radius 3 is 2.67 bits per heavy atom. The summed E-state index contributed by atoms with van der Waals surface area (Å²) >= 11 is 0. The number of hydrogen-bond acceptors (Lipinski definition) is 4. The molecule has 1 aromatic rings. The molecular weight excluding hydrogens is 230 g/mol. The van der Waals surface area contributed by atoms with Crippen molar-refractivity contribution in [2.75, 3.05) is 20.3 Å². The predicted octanol–water partition coefficient (Wildman–Crippen LogP) is 1.51. The Morgan fingerprint density at radius 1 is 1.33 bits per heavy atom. The highest BCUT2D eigenvalue weighted by atomic mass is 16.6. The number of benzene rings is 1. The molecule has 2 aliphatic rings. The quantitative estimate of drug-likeness (QED) is 0.859. The van der Waals surface area contributed by atoms with Crippen LogP contribution in [0.15, 0.2) is 18.2 Å². The van der Waals surface area contributed by atoms with E-state index in [1.54, 1.807) is 7.11 Å². The fourth-order valence-corrected chi connectivity index (χ4v) is 2.12. The summed E-state index contributed by atoms with van der Waals surface area (Å²) in [5.41, 5.74) is 7.37. The standard InChI is InChI=1S/C14H19NO3/c1-16-13-6-10(7-14(15)4-5-14)2-3-12(13)18-11-8-17-9-11/h2-3,6,11H,4-5,7-9,15H2,1H3. The van der Waals surface area contributed by atoms with Gasteiger partial charge in [0.25, 0.3) is 0 Å². The van der Waals surface area contributed by atoms with Gasteiger partial charge in [-0.25, -0.2) is 0 Å². The van der Waals surface area contributed by atoms with E-state index < -0.39 is 0 Å². The van der Waals surface area contributed by atoms with Crippen LogP contribution in [0.2, 0.25) is 0 Å². The fraction of sp³-hybridized carbons (Fsp3) is 0.571. The van der Waals surface area contributed by atoms with E-state index in [1.165, 1.54) is 5.56 Å². The summed E-state index contributed by atoms with van der Waals surface area (Å²) in [4.78, 5) is 0. The molecule has 4 heteroatoms. The Hall–Kier alpha value is -1.26. The monoisotopic (exact) mass is 249 g/mol. The lowest BCUT2D eigenvalue weighted by Crippen LogP contribution is -2.38. The molecular formula is C14H19NO3. The van der Waals surface area contributed by atoms with Crippen LogP contribution in [0.1, 0.15) is 18.4 Å². The van der Waals surface area contributed by atoms with E-state index in [9.17, 15) is 0 Å². The number of nitrogens with two attached hydrogens (primary N) is 1. The Kier molecular flexibility index (Phi) is 2.92. The van der Waals surface area contributed by atoms with Crippen LogP contribution in [0.3, 0.4) is 0 Å². The van der Waals surface area contributed by atoms with Crippen molar-refractivity contribution < 1.29 is 14.2 Å². The molecule has 18 heavy (non-hydrogen) atoms. The Bertz CT molecular complexity index is 439. The van der Waals surface area contributed by atoms with Crippen molar-refractivity contribution in [1.29, 1.82) is 0 Å². The molecule has 1 aromatic carbocycles. The molecule has 98 valence electrons. The molecule has 0 unspecified atom stereocenters. The smallest absolute Gasteiger partial charge is 0.161 e. The topological polar surface area (TPSA) is 53.7 Å². The average Bonchev–Trinajstić information content (AvgIpc) is 3.02. The maximum absolute atomic E-state index is 6.13. The van der Waals surface area contributed by atoms with Crippen LogP contribution in [-0.2, 0) is 11.2 Å². The highest BCUT2D eigenvalue weighted by molar-refractivity contribution is 5.44. The van der Waals surface area contributed by atoms with E-state index in [4.69, 9.17) is 19.9 Å². The highest BCUT2D eigenvalue weighted by Crippen LogP contribution is 2.37. The molecule has 0 aromatic heterocycles. The van der Waals surface area contributed by atoms with Crippen LogP contribution in [0, 0.1) is 0 Å². The molecule has 0 amide bonds. The Labute approximate surface area is 107 Å². The molecule has 1 saturated heterocycles. The summed E-state index contributed by atoms with van der Waals surface area (Å²) < 4.78 is 16.3. The minimum absolute atomic E-state index is 0.0230. The van der Waals surface area contributed by atoms with Gasteiger partial charge < -0.3 is 19.9 Å². The van der Waals surface area contributed by atoms with E-state index in [-0.39, 0.29) is 11.6 Å². The second kappa shape index (κ2) is 4.44. The summed E-state index contributed by atoms with van der Waals surface area (Å²) in [6.45, 7) is 1.33. The first-order chi connectivity index (χ1) is 8.68. The van der Waals surface area contributed by atoms with Gasteiger partial charge in [-0.3, -0.25) is 0 Å². The minimum Gasteiger partial charge on any atom is -0.493 e. The average molecular weight is 249 g/mol. The van der Waals surface area contributed by atoms with Crippen LogP contribution in [0.5, 0.6) is 11.5 Å². The first-order valence-corrected chi connectivity index (χ1v) is 6.39. The molecule has 1 saturated carbocycles. The SMILES string of the molecule is COc1cc(CC2(N)CC2)ccc1OC1COC1. The lowest BCUT2D eigenvalue weighted by Gasteiger charge is -2.27. The van der Waals surface area contributed by atoms with Crippen molar-refractivity contribution in [2.45, 2.75) is 30.9 Å². The third-order valence-corrected chi connectivity index (χ3v) is 3.58. The first kappa shape index (κ1) is 11.8. The molecule has 2 N–H and O–H groups in total. The second-order valence-electron chi connectivity index (χ2n) is 5.30. The Morgan fingerprint density at radius 2 is 2.11 bits per heavy atom. The highest BCUT2D eigenvalue weighted by Gasteiger charge is 2.38. The molecule has 1 heterocycles. The molecule has 2 fully saturated rings. The van der Waals surface area contributed by atoms with Gasteiger partial charge in [0.05, 0.1) is 20.3 Å². The van der Waals surface area contributed by atoms with Crippen LogP contribution in [-0.4, -0.2) is 32.0 Å². The van der Waals surface area contributed by atoms with E-state index in [0.29, 0.717) is 13.2 Å². The van der Waals surface area contributed by atoms with Crippen molar-refractivity contribution in [1.82, 2.24) is 0 Å². The molecule has 0 spiro atoms. The number of hydrogen-bond donors (Lipinski definition) is 1. The summed E-state index contributed by atoms with van der Waals surface area (Å²) in [5, 5.41) is 0. The van der Waals surface area contributed by atoms with Crippen LogP contribution in [0.25, 0.3) is 0 Å². The maximum atomic E-state index is 6.13. The molecule has 0 radical (unpaired) electrons. The third-order valence-electron chi connectivity index (χ3n) is 3.58. The lowest BCUT2D eigenvalue weighted by atomic mass is 10.0. The largest absolute Gasteiger partial charge is 0.493 e. The Balaban J connectivity index is 1.73. The first-order valence-electron chi connectivity index (χ1n) is 6.39. The minimum atomic E-state index is 0.0230. The third kappa shape index (κ3) is 2.44. The van der Waals surface area contributed by atoms with Crippen molar-refractivity contribution in [3.05, 3.63) is 23.8 Å². The summed E-state index contributed by atoms with van der Waals surface area (Å²) in [6, 6.07) is 6.07. The predicted molar refractivity (Wildman–Crippen MR) is 68.1 cm³/mol. The van der Waals surface area contributed by atoms with Crippen LogP contribution in [0.4, 0.5) is 0 Å². The zero-order valence-electron chi connectivity index (χ0n) is 10.6. The number of ether oxygens (including phenoxy) is 3. The van der Waals surface area contributed by atoms with Crippen molar-refractivity contribution in [3.8, 4) is 11.5 Å². The second-order valence-corrected chi connectivity index (χ2v) is 5.30. The van der Waals surface area contributed by atoms with Gasteiger partial charge in [-0.2, -0.15) is 0 Å². The van der Waals surface area contributed by atoms with Gasteiger partial charge in [0, 0.05) is 5.54 Å². The van der Waals surface area contributed by atoms with Gasteiger partial charge in [0.15, 0.2) is 11.5 Å². The zero-order chi connectivity index (χ0) is 12.6. The molecule has 4 nitrogen and oxygen atoms in total. The van der Waals surface area contributed by atoms with E-state index in [2.05, 4.69) is 6.07 Å². The molecule has 0 bridgehead atoms. The van der Waals surface area contributed by atoms with Crippen LogP contribution < -0.4 is 15.2 Å². The zero-order valence-corrected chi connectivity index (χ0v) is 10.6.